The molecule has 22 heavy (non-hydrogen) atoms. The van der Waals surface area contributed by atoms with E-state index in [1.807, 2.05) is 13.8 Å². The van der Waals surface area contributed by atoms with Crippen LogP contribution in [0.1, 0.15) is 27.2 Å². The molecule has 1 aromatic carbocycles. The molecule has 0 aliphatic heterocycles. The summed E-state index contributed by atoms with van der Waals surface area (Å²) in [7, 11) is 0. The fourth-order valence-electron chi connectivity index (χ4n) is 1.79. The van der Waals surface area contributed by atoms with E-state index in [-0.39, 0.29) is 18.9 Å². The van der Waals surface area contributed by atoms with Crippen molar-refractivity contribution in [1.82, 2.24) is 5.32 Å². The predicted octanol–water partition coefficient (Wildman–Crippen LogP) is 3.38. The summed E-state index contributed by atoms with van der Waals surface area (Å²) in [6.07, 6.45) is -0.172. The van der Waals surface area contributed by atoms with Gasteiger partial charge in [-0.15, -0.1) is 0 Å². The minimum absolute atomic E-state index is 0.0534. The number of rotatable bonds is 7. The Labute approximate surface area is 139 Å². The third kappa shape index (κ3) is 5.39. The second kappa shape index (κ2) is 7.70. The first-order valence-corrected chi connectivity index (χ1v) is 7.50. The SMILES string of the molecule is CC(C)C(C)(CC(=O)O)NC(=O)COc1cc(Cl)ccc1Cl. The van der Waals surface area contributed by atoms with E-state index in [9.17, 15) is 9.59 Å². The lowest BCUT2D eigenvalue weighted by molar-refractivity contribution is -0.139. The van der Waals surface area contributed by atoms with Gasteiger partial charge in [-0.3, -0.25) is 9.59 Å². The first-order chi connectivity index (χ1) is 10.1. The summed E-state index contributed by atoms with van der Waals surface area (Å²) in [5, 5.41) is 12.5. The number of hydrogen-bond acceptors (Lipinski definition) is 3. The molecule has 1 rings (SSSR count). The Bertz CT molecular complexity index is 562. The van der Waals surface area contributed by atoms with Crippen LogP contribution in [-0.2, 0) is 9.59 Å². The lowest BCUT2D eigenvalue weighted by atomic mass is 9.85. The maximum Gasteiger partial charge on any atom is 0.305 e. The summed E-state index contributed by atoms with van der Waals surface area (Å²) in [5.74, 6) is -1.15. The van der Waals surface area contributed by atoms with E-state index in [1.165, 1.54) is 6.07 Å². The average Bonchev–Trinajstić information content (AvgIpc) is 2.38. The van der Waals surface area contributed by atoms with Gasteiger partial charge in [0.15, 0.2) is 6.61 Å². The number of carbonyl (C=O) groups is 2. The van der Waals surface area contributed by atoms with Crippen molar-refractivity contribution >= 4 is 35.1 Å². The molecule has 0 saturated heterocycles. The second-order valence-corrected chi connectivity index (χ2v) is 6.40. The smallest absolute Gasteiger partial charge is 0.305 e. The van der Waals surface area contributed by atoms with Crippen molar-refractivity contribution in [3.63, 3.8) is 0 Å². The molecule has 2 N–H and O–H groups in total. The Morgan fingerprint density at radius 3 is 2.55 bits per heavy atom. The van der Waals surface area contributed by atoms with E-state index >= 15 is 0 Å². The summed E-state index contributed by atoms with van der Waals surface area (Å²) < 4.78 is 5.33. The van der Waals surface area contributed by atoms with Crippen molar-refractivity contribution in [2.75, 3.05) is 6.61 Å². The molecule has 0 bridgehead atoms. The number of nitrogens with one attached hydrogen (secondary N) is 1. The highest BCUT2D eigenvalue weighted by atomic mass is 35.5. The Morgan fingerprint density at radius 1 is 1.36 bits per heavy atom. The molecule has 0 saturated carbocycles. The number of ether oxygens (including phenoxy) is 1. The number of aliphatic carboxylic acids is 1. The van der Waals surface area contributed by atoms with Crippen LogP contribution < -0.4 is 10.1 Å². The number of amides is 1. The van der Waals surface area contributed by atoms with Gasteiger partial charge in [0, 0.05) is 11.1 Å². The third-order valence-electron chi connectivity index (χ3n) is 3.47. The van der Waals surface area contributed by atoms with Crippen molar-refractivity contribution < 1.29 is 19.4 Å². The highest BCUT2D eigenvalue weighted by molar-refractivity contribution is 6.34. The maximum atomic E-state index is 12.0. The standard InChI is InChI=1S/C15H19Cl2NO4/c1-9(2)15(3,7-14(20)21)18-13(19)8-22-12-6-10(16)4-5-11(12)17/h4-6,9H,7-8H2,1-3H3,(H,18,19)(H,20,21). The van der Waals surface area contributed by atoms with Crippen molar-refractivity contribution in [3.05, 3.63) is 28.2 Å². The molecule has 0 heterocycles. The number of carboxylic acid groups (broad SMARTS) is 1. The van der Waals surface area contributed by atoms with Crippen molar-refractivity contribution in [3.8, 4) is 5.75 Å². The van der Waals surface area contributed by atoms with Gasteiger partial charge >= 0.3 is 5.97 Å². The Morgan fingerprint density at radius 2 is 2.00 bits per heavy atom. The summed E-state index contributed by atoms with van der Waals surface area (Å²) >= 11 is 11.8. The Kier molecular flexibility index (Phi) is 6.50. The van der Waals surface area contributed by atoms with Crippen LogP contribution in [0, 0.1) is 5.92 Å². The fourth-order valence-corrected chi connectivity index (χ4v) is 2.13. The molecule has 0 radical (unpaired) electrons. The second-order valence-electron chi connectivity index (χ2n) is 5.55. The lowest BCUT2D eigenvalue weighted by Gasteiger charge is -2.33. The van der Waals surface area contributed by atoms with Gasteiger partial charge in [-0.1, -0.05) is 37.0 Å². The van der Waals surface area contributed by atoms with Gasteiger partial charge in [0.25, 0.3) is 5.91 Å². The normalized spacial score (nSPS) is 13.5. The average molecular weight is 348 g/mol. The topological polar surface area (TPSA) is 75.6 Å². The first-order valence-electron chi connectivity index (χ1n) is 6.74. The molecule has 0 aliphatic rings. The zero-order valence-electron chi connectivity index (χ0n) is 12.7. The Hall–Kier alpha value is -1.46. The molecule has 1 amide bonds. The summed E-state index contributed by atoms with van der Waals surface area (Å²) in [6.45, 7) is 5.11. The van der Waals surface area contributed by atoms with E-state index in [4.69, 9.17) is 33.0 Å². The van der Waals surface area contributed by atoms with Crippen LogP contribution in [0.3, 0.4) is 0 Å². The van der Waals surface area contributed by atoms with Crippen LogP contribution >= 0.6 is 23.2 Å². The van der Waals surface area contributed by atoms with Crippen LogP contribution in [0.5, 0.6) is 5.75 Å². The van der Waals surface area contributed by atoms with Gasteiger partial charge in [-0.05, 0) is 25.0 Å². The molecular weight excluding hydrogens is 329 g/mol. The van der Waals surface area contributed by atoms with Crippen molar-refractivity contribution in [1.29, 1.82) is 0 Å². The molecule has 1 aromatic rings. The minimum Gasteiger partial charge on any atom is -0.482 e. The zero-order chi connectivity index (χ0) is 16.9. The molecule has 0 spiro atoms. The van der Waals surface area contributed by atoms with E-state index in [0.29, 0.717) is 15.8 Å². The van der Waals surface area contributed by atoms with Gasteiger partial charge in [0.05, 0.1) is 17.0 Å². The summed E-state index contributed by atoms with van der Waals surface area (Å²) in [6, 6.07) is 4.69. The lowest BCUT2D eigenvalue weighted by Crippen LogP contribution is -2.52. The van der Waals surface area contributed by atoms with Gasteiger partial charge < -0.3 is 15.2 Å². The number of hydrogen-bond donors (Lipinski definition) is 2. The van der Waals surface area contributed by atoms with Crippen LogP contribution in [0.25, 0.3) is 0 Å². The van der Waals surface area contributed by atoms with Crippen molar-refractivity contribution in [2.24, 2.45) is 5.92 Å². The number of carbonyl (C=O) groups excluding carboxylic acids is 1. The highest BCUT2D eigenvalue weighted by Gasteiger charge is 2.32. The Balaban J connectivity index is 2.68. The number of benzene rings is 1. The highest BCUT2D eigenvalue weighted by Crippen LogP contribution is 2.27. The van der Waals surface area contributed by atoms with Gasteiger partial charge in [0.1, 0.15) is 5.75 Å². The predicted molar refractivity (Wildman–Crippen MR) is 85.6 cm³/mol. The van der Waals surface area contributed by atoms with Gasteiger partial charge in [0.2, 0.25) is 0 Å². The molecule has 1 unspecified atom stereocenters. The monoisotopic (exact) mass is 347 g/mol. The third-order valence-corrected chi connectivity index (χ3v) is 4.02. The molecule has 122 valence electrons. The molecule has 0 fully saturated rings. The summed E-state index contributed by atoms with van der Waals surface area (Å²) in [4.78, 5) is 23.0. The maximum absolute atomic E-state index is 12.0. The van der Waals surface area contributed by atoms with Gasteiger partial charge in [-0.2, -0.15) is 0 Å². The minimum atomic E-state index is -0.977. The number of halogens is 2. The zero-order valence-corrected chi connectivity index (χ0v) is 14.2. The molecule has 7 heteroatoms. The molecule has 0 aliphatic carbocycles. The molecular formula is C15H19Cl2NO4. The largest absolute Gasteiger partial charge is 0.482 e. The first kappa shape index (κ1) is 18.6. The van der Waals surface area contributed by atoms with Crippen molar-refractivity contribution in [2.45, 2.75) is 32.7 Å². The van der Waals surface area contributed by atoms with Crippen LogP contribution in [-0.4, -0.2) is 29.1 Å². The molecule has 0 aromatic heterocycles. The van der Waals surface area contributed by atoms with E-state index in [2.05, 4.69) is 5.32 Å². The van der Waals surface area contributed by atoms with Crippen LogP contribution in [0.2, 0.25) is 10.0 Å². The van der Waals surface area contributed by atoms with E-state index in [0.717, 1.165) is 0 Å². The quantitative estimate of drug-likeness (QED) is 0.792. The van der Waals surface area contributed by atoms with E-state index in [1.54, 1.807) is 19.1 Å². The fraction of sp³-hybridized carbons (Fsp3) is 0.467. The molecule has 5 nitrogen and oxygen atoms in total. The summed E-state index contributed by atoms with van der Waals surface area (Å²) in [5.41, 5.74) is -0.857. The van der Waals surface area contributed by atoms with Crippen LogP contribution in [0.15, 0.2) is 18.2 Å². The number of carboxylic acids is 1. The van der Waals surface area contributed by atoms with Crippen LogP contribution in [0.4, 0.5) is 0 Å². The molecule has 1 atom stereocenters. The van der Waals surface area contributed by atoms with Gasteiger partial charge in [-0.25, -0.2) is 0 Å². The van der Waals surface area contributed by atoms with E-state index < -0.39 is 17.4 Å².